The lowest BCUT2D eigenvalue weighted by atomic mass is 10.3. The molecule has 7 heteroatoms. The van der Waals surface area contributed by atoms with Gasteiger partial charge in [0.1, 0.15) is 11.6 Å². The van der Waals surface area contributed by atoms with Gasteiger partial charge >= 0.3 is 6.36 Å². The highest BCUT2D eigenvalue weighted by Gasteiger charge is 2.31. The van der Waals surface area contributed by atoms with E-state index in [4.69, 9.17) is 17.3 Å². The Bertz CT molecular complexity index is 393. The summed E-state index contributed by atoms with van der Waals surface area (Å²) in [6.45, 7) is 0. The molecule has 0 spiro atoms. The van der Waals surface area contributed by atoms with E-state index in [1.807, 2.05) is 0 Å². The summed E-state index contributed by atoms with van der Waals surface area (Å²) in [6, 6.07) is 5.15. The number of benzene rings is 1. The molecule has 0 fully saturated rings. The smallest absolute Gasteiger partial charge is 0.406 e. The highest BCUT2D eigenvalue weighted by molar-refractivity contribution is 6.28. The second kappa shape index (κ2) is 5.07. The second-order valence-corrected chi connectivity index (χ2v) is 3.05. The second-order valence-electron chi connectivity index (χ2n) is 2.78. The van der Waals surface area contributed by atoms with Crippen molar-refractivity contribution in [3.63, 3.8) is 0 Å². The van der Waals surface area contributed by atoms with Gasteiger partial charge in [0, 0.05) is 6.07 Å². The number of ether oxygens (including phenoxy) is 1. The minimum Gasteiger partial charge on any atom is -0.406 e. The van der Waals surface area contributed by atoms with Crippen LogP contribution in [0.1, 0.15) is 0 Å². The fraction of sp³-hybridized carbons (Fsp3) is 0.222. The molecular formula is C9H8ClF3N2O. The van der Waals surface area contributed by atoms with Crippen molar-refractivity contribution in [2.75, 3.05) is 5.88 Å². The normalized spacial score (nSPS) is 12.6. The first-order valence-electron chi connectivity index (χ1n) is 4.15. The molecule has 3 nitrogen and oxygen atoms in total. The van der Waals surface area contributed by atoms with Crippen LogP contribution in [0.3, 0.4) is 0 Å². The maximum absolute atomic E-state index is 11.9. The first kappa shape index (κ1) is 12.6. The van der Waals surface area contributed by atoms with Crippen molar-refractivity contribution >= 4 is 23.1 Å². The molecule has 0 amide bonds. The Labute approximate surface area is 94.7 Å². The Kier molecular flexibility index (Phi) is 4.00. The van der Waals surface area contributed by atoms with Crippen molar-refractivity contribution < 1.29 is 17.9 Å². The van der Waals surface area contributed by atoms with Gasteiger partial charge in [0.05, 0.1) is 11.6 Å². The topological polar surface area (TPSA) is 47.6 Å². The van der Waals surface area contributed by atoms with E-state index in [0.29, 0.717) is 0 Å². The van der Waals surface area contributed by atoms with E-state index in [9.17, 15) is 13.2 Å². The van der Waals surface area contributed by atoms with Crippen LogP contribution in [0, 0.1) is 0 Å². The lowest BCUT2D eigenvalue weighted by Crippen LogP contribution is -2.17. The van der Waals surface area contributed by atoms with Crippen LogP contribution in [-0.4, -0.2) is 18.1 Å². The average Bonchev–Trinajstić information content (AvgIpc) is 2.15. The van der Waals surface area contributed by atoms with Crippen LogP contribution in [0.5, 0.6) is 5.75 Å². The molecule has 16 heavy (non-hydrogen) atoms. The number of aliphatic imine (C=N–C) groups is 1. The van der Waals surface area contributed by atoms with Gasteiger partial charge in [-0.15, -0.1) is 24.8 Å². The molecule has 0 aliphatic carbocycles. The molecule has 1 aromatic carbocycles. The van der Waals surface area contributed by atoms with E-state index in [1.165, 1.54) is 18.2 Å². The van der Waals surface area contributed by atoms with Crippen molar-refractivity contribution in [2.45, 2.75) is 6.36 Å². The summed E-state index contributed by atoms with van der Waals surface area (Å²) in [5, 5.41) is 0. The van der Waals surface area contributed by atoms with E-state index in [2.05, 4.69) is 9.73 Å². The maximum atomic E-state index is 11.9. The molecule has 1 rings (SSSR count). The highest BCUT2D eigenvalue weighted by atomic mass is 35.5. The molecule has 0 saturated heterocycles. The zero-order chi connectivity index (χ0) is 12.2. The van der Waals surface area contributed by atoms with Gasteiger partial charge < -0.3 is 10.5 Å². The minimum atomic E-state index is -4.72. The summed E-state index contributed by atoms with van der Waals surface area (Å²) < 4.78 is 39.4. The summed E-state index contributed by atoms with van der Waals surface area (Å²) in [6.07, 6.45) is -4.72. The highest BCUT2D eigenvalue weighted by Crippen LogP contribution is 2.26. The van der Waals surface area contributed by atoms with Crippen molar-refractivity contribution in [3.8, 4) is 5.75 Å². The van der Waals surface area contributed by atoms with Gasteiger partial charge in [-0.2, -0.15) is 0 Å². The molecule has 0 aromatic heterocycles. The number of rotatable bonds is 3. The Hall–Kier alpha value is -1.43. The summed E-state index contributed by atoms with van der Waals surface area (Å²) >= 11 is 5.38. The van der Waals surface area contributed by atoms with Crippen LogP contribution in [0.15, 0.2) is 29.3 Å². The van der Waals surface area contributed by atoms with Crippen LogP contribution < -0.4 is 10.5 Å². The predicted molar refractivity (Wildman–Crippen MR) is 55.1 cm³/mol. The largest absolute Gasteiger partial charge is 0.573 e. The van der Waals surface area contributed by atoms with E-state index in [1.54, 1.807) is 0 Å². The van der Waals surface area contributed by atoms with Crippen molar-refractivity contribution in [3.05, 3.63) is 24.3 Å². The molecule has 2 N–H and O–H groups in total. The first-order valence-corrected chi connectivity index (χ1v) is 4.69. The van der Waals surface area contributed by atoms with Crippen LogP contribution >= 0.6 is 11.6 Å². The minimum absolute atomic E-state index is 0.00432. The fourth-order valence-corrected chi connectivity index (χ4v) is 1.01. The van der Waals surface area contributed by atoms with Crippen molar-refractivity contribution in [1.82, 2.24) is 0 Å². The van der Waals surface area contributed by atoms with Crippen LogP contribution in [0.25, 0.3) is 0 Å². The quantitative estimate of drug-likeness (QED) is 0.511. The molecule has 0 radical (unpaired) electrons. The summed E-state index contributed by atoms with van der Waals surface area (Å²) in [5.74, 6) is -0.230. The number of hydrogen-bond acceptors (Lipinski definition) is 2. The SMILES string of the molecule is NC(CCl)=Nc1cccc(OC(F)(F)F)c1. The van der Waals surface area contributed by atoms with Gasteiger partial charge in [0.2, 0.25) is 0 Å². The summed E-state index contributed by atoms with van der Waals surface area (Å²) in [7, 11) is 0. The standard InChI is InChI=1S/C9H8ClF3N2O/c10-5-8(14)15-6-2-1-3-7(4-6)16-9(11,12)13/h1-4H,5H2,(H2,14,15). The third-order valence-electron chi connectivity index (χ3n) is 1.46. The van der Waals surface area contributed by atoms with E-state index >= 15 is 0 Å². The molecule has 1 aromatic rings. The predicted octanol–water partition coefficient (Wildman–Crippen LogP) is 2.81. The Morgan fingerprint density at radius 3 is 2.69 bits per heavy atom. The van der Waals surface area contributed by atoms with Gasteiger partial charge in [-0.25, -0.2) is 4.99 Å². The van der Waals surface area contributed by atoms with E-state index in [-0.39, 0.29) is 23.2 Å². The van der Waals surface area contributed by atoms with Gasteiger partial charge in [0.25, 0.3) is 0 Å². The average molecular weight is 253 g/mol. The van der Waals surface area contributed by atoms with Crippen LogP contribution in [0.2, 0.25) is 0 Å². The molecule has 0 aliphatic rings. The Balaban J connectivity index is 2.87. The zero-order valence-corrected chi connectivity index (χ0v) is 8.72. The number of nitrogens with two attached hydrogens (primary N) is 1. The van der Waals surface area contributed by atoms with E-state index in [0.717, 1.165) is 6.07 Å². The lowest BCUT2D eigenvalue weighted by molar-refractivity contribution is -0.274. The third-order valence-corrected chi connectivity index (χ3v) is 1.73. The number of amidine groups is 1. The molecule has 0 aliphatic heterocycles. The molecule has 88 valence electrons. The van der Waals surface area contributed by atoms with Gasteiger partial charge in [-0.3, -0.25) is 0 Å². The molecule has 0 saturated carbocycles. The fourth-order valence-electron chi connectivity index (χ4n) is 0.946. The Morgan fingerprint density at radius 2 is 2.12 bits per heavy atom. The third kappa shape index (κ3) is 4.39. The molecule has 0 unspecified atom stereocenters. The van der Waals surface area contributed by atoms with Gasteiger partial charge in [-0.05, 0) is 12.1 Å². The number of nitrogens with zero attached hydrogens (tertiary/aromatic N) is 1. The molecular weight excluding hydrogens is 245 g/mol. The molecule has 0 heterocycles. The van der Waals surface area contributed by atoms with Crippen molar-refractivity contribution in [2.24, 2.45) is 10.7 Å². The Morgan fingerprint density at radius 1 is 1.44 bits per heavy atom. The zero-order valence-electron chi connectivity index (χ0n) is 7.96. The van der Waals surface area contributed by atoms with E-state index < -0.39 is 6.36 Å². The number of halogens is 4. The van der Waals surface area contributed by atoms with Crippen molar-refractivity contribution in [1.29, 1.82) is 0 Å². The van der Waals surface area contributed by atoms with Crippen LogP contribution in [0.4, 0.5) is 18.9 Å². The monoisotopic (exact) mass is 252 g/mol. The summed E-state index contributed by atoms with van der Waals surface area (Å²) in [5.41, 5.74) is 5.59. The van der Waals surface area contributed by atoms with Gasteiger partial charge in [-0.1, -0.05) is 6.07 Å². The maximum Gasteiger partial charge on any atom is 0.573 e. The summed E-state index contributed by atoms with van der Waals surface area (Å²) in [4.78, 5) is 3.78. The first-order chi connectivity index (χ1) is 7.40. The number of hydrogen-bond donors (Lipinski definition) is 1. The van der Waals surface area contributed by atoms with Gasteiger partial charge in [0.15, 0.2) is 0 Å². The number of alkyl halides is 4. The lowest BCUT2D eigenvalue weighted by Gasteiger charge is -2.08. The van der Waals surface area contributed by atoms with Crippen LogP contribution in [-0.2, 0) is 0 Å². The molecule has 0 atom stereocenters. The molecule has 0 bridgehead atoms.